The molecule has 0 aliphatic carbocycles. The average molecular weight is 329 g/mol. The van der Waals surface area contributed by atoms with E-state index in [-0.39, 0.29) is 12.3 Å². The largest absolute Gasteiger partial charge is 0.469 e. The molecule has 1 aromatic carbocycles. The number of methoxy groups -OCH3 is 1. The van der Waals surface area contributed by atoms with Gasteiger partial charge < -0.3 is 19.9 Å². The number of benzene rings is 1. The number of hydrogen-bond donors (Lipinski definition) is 2. The highest BCUT2D eigenvalue weighted by Gasteiger charge is 2.13. The highest BCUT2D eigenvalue weighted by atomic mass is 16.5. The van der Waals surface area contributed by atoms with Gasteiger partial charge in [-0.3, -0.25) is 9.59 Å². The van der Waals surface area contributed by atoms with Crippen molar-refractivity contribution in [3.05, 3.63) is 30.0 Å². The molecule has 0 radical (unpaired) electrons. The molecule has 2 heterocycles. The van der Waals surface area contributed by atoms with E-state index in [4.69, 9.17) is 0 Å². The fourth-order valence-corrected chi connectivity index (χ4v) is 3.16. The maximum atomic E-state index is 11.8. The van der Waals surface area contributed by atoms with Crippen LogP contribution < -0.4 is 5.32 Å². The van der Waals surface area contributed by atoms with Gasteiger partial charge in [0.2, 0.25) is 5.91 Å². The number of ether oxygens (including phenoxy) is 1. The minimum absolute atomic E-state index is 0.274. The first-order valence-electron chi connectivity index (χ1n) is 8.35. The number of aromatic amines is 1. The molecule has 1 amide bonds. The van der Waals surface area contributed by atoms with Crippen LogP contribution in [0.4, 0.5) is 5.69 Å². The zero-order valence-electron chi connectivity index (χ0n) is 13.9. The Hall–Kier alpha value is -2.34. The number of hydrogen-bond acceptors (Lipinski definition) is 4. The summed E-state index contributed by atoms with van der Waals surface area (Å²) in [5.74, 6) is -0.906. The molecule has 24 heavy (non-hydrogen) atoms. The number of esters is 1. The van der Waals surface area contributed by atoms with Gasteiger partial charge in [-0.1, -0.05) is 0 Å². The van der Waals surface area contributed by atoms with Crippen molar-refractivity contribution >= 4 is 28.5 Å². The number of amides is 1. The third kappa shape index (κ3) is 3.94. The molecule has 3 rings (SSSR count). The van der Waals surface area contributed by atoms with E-state index in [0.717, 1.165) is 23.9 Å². The number of rotatable bonds is 6. The lowest BCUT2D eigenvalue weighted by atomic mass is 10.1. The van der Waals surface area contributed by atoms with Crippen LogP contribution in [0.3, 0.4) is 0 Å². The van der Waals surface area contributed by atoms with Crippen LogP contribution in [-0.2, 0) is 20.7 Å². The van der Waals surface area contributed by atoms with Crippen LogP contribution in [-0.4, -0.2) is 48.5 Å². The fourth-order valence-electron chi connectivity index (χ4n) is 3.16. The third-order valence-corrected chi connectivity index (χ3v) is 4.48. The molecule has 0 saturated carbocycles. The fraction of sp³-hybridized carbons (Fsp3) is 0.444. The smallest absolute Gasteiger partial charge is 0.315 e. The lowest BCUT2D eigenvalue weighted by molar-refractivity contribution is -0.142. The molecule has 1 aromatic heterocycles. The monoisotopic (exact) mass is 329 g/mol. The van der Waals surface area contributed by atoms with Crippen LogP contribution in [0.25, 0.3) is 10.9 Å². The predicted octanol–water partition coefficient (Wildman–Crippen LogP) is 2.31. The Labute approximate surface area is 141 Å². The highest BCUT2D eigenvalue weighted by Crippen LogP contribution is 2.23. The van der Waals surface area contributed by atoms with Crippen molar-refractivity contribution in [1.82, 2.24) is 9.88 Å². The normalized spacial score (nSPS) is 14.9. The summed E-state index contributed by atoms with van der Waals surface area (Å²) in [4.78, 5) is 28.7. The molecule has 1 fully saturated rings. The summed E-state index contributed by atoms with van der Waals surface area (Å²) in [5, 5.41) is 3.87. The van der Waals surface area contributed by atoms with Crippen LogP contribution in [0.15, 0.2) is 24.4 Å². The second kappa shape index (κ2) is 7.49. The number of H-pyrrole nitrogens is 1. The van der Waals surface area contributed by atoms with E-state index in [2.05, 4.69) is 19.9 Å². The number of carbonyl (C=O) groups excluding carboxylic acids is 2. The van der Waals surface area contributed by atoms with E-state index in [9.17, 15) is 9.59 Å². The summed E-state index contributed by atoms with van der Waals surface area (Å²) in [7, 11) is 1.27. The summed E-state index contributed by atoms with van der Waals surface area (Å²) >= 11 is 0. The molecule has 6 heteroatoms. The SMILES string of the molecule is COC(=O)CC(=O)Nc1ccc2[nH]cc(CCN3CCCC3)c2c1. The molecule has 6 nitrogen and oxygen atoms in total. The van der Waals surface area contributed by atoms with Gasteiger partial charge in [0.05, 0.1) is 7.11 Å². The van der Waals surface area contributed by atoms with Gasteiger partial charge in [0.1, 0.15) is 6.42 Å². The van der Waals surface area contributed by atoms with E-state index in [1.165, 1.54) is 38.6 Å². The van der Waals surface area contributed by atoms with Gasteiger partial charge >= 0.3 is 5.97 Å². The van der Waals surface area contributed by atoms with Crippen molar-refractivity contribution in [2.24, 2.45) is 0 Å². The van der Waals surface area contributed by atoms with Gasteiger partial charge in [0.25, 0.3) is 0 Å². The highest BCUT2D eigenvalue weighted by molar-refractivity contribution is 6.02. The zero-order valence-corrected chi connectivity index (χ0v) is 13.9. The molecule has 1 aliphatic heterocycles. The van der Waals surface area contributed by atoms with Crippen LogP contribution in [0.1, 0.15) is 24.8 Å². The van der Waals surface area contributed by atoms with Crippen molar-refractivity contribution in [3.63, 3.8) is 0 Å². The van der Waals surface area contributed by atoms with E-state index < -0.39 is 5.97 Å². The van der Waals surface area contributed by atoms with Gasteiger partial charge in [-0.2, -0.15) is 0 Å². The summed E-state index contributed by atoms with van der Waals surface area (Å²) in [6.45, 7) is 3.44. The standard InChI is InChI=1S/C18H23N3O3/c1-24-18(23)11-17(22)20-14-4-5-16-15(10-14)13(12-19-16)6-9-21-7-2-3-8-21/h4-5,10,12,19H,2-3,6-9,11H2,1H3,(H,20,22). The molecule has 0 bridgehead atoms. The molecule has 2 N–H and O–H groups in total. The van der Waals surface area contributed by atoms with Gasteiger partial charge in [-0.15, -0.1) is 0 Å². The second-order valence-corrected chi connectivity index (χ2v) is 6.17. The Morgan fingerprint density at radius 3 is 2.83 bits per heavy atom. The van der Waals surface area contributed by atoms with Crippen LogP contribution in [0.5, 0.6) is 0 Å². The Kier molecular flexibility index (Phi) is 5.15. The summed E-state index contributed by atoms with van der Waals surface area (Å²) in [6.07, 6.45) is 5.35. The molecule has 0 unspecified atom stereocenters. The molecule has 1 saturated heterocycles. The van der Waals surface area contributed by atoms with Crippen molar-refractivity contribution in [2.75, 3.05) is 32.1 Å². The topological polar surface area (TPSA) is 74.4 Å². The van der Waals surface area contributed by atoms with Crippen LogP contribution in [0.2, 0.25) is 0 Å². The molecule has 0 spiro atoms. The zero-order chi connectivity index (χ0) is 16.9. The van der Waals surface area contributed by atoms with Gasteiger partial charge in [-0.25, -0.2) is 0 Å². The Bertz CT molecular complexity index is 732. The Morgan fingerprint density at radius 1 is 1.29 bits per heavy atom. The molecule has 2 aromatic rings. The van der Waals surface area contributed by atoms with Crippen molar-refractivity contribution < 1.29 is 14.3 Å². The maximum Gasteiger partial charge on any atom is 0.315 e. The number of nitrogens with one attached hydrogen (secondary N) is 2. The molecule has 1 aliphatic rings. The summed E-state index contributed by atoms with van der Waals surface area (Å²) < 4.78 is 4.51. The van der Waals surface area contributed by atoms with E-state index in [1.54, 1.807) is 0 Å². The van der Waals surface area contributed by atoms with Crippen LogP contribution >= 0.6 is 0 Å². The molecule has 128 valence electrons. The first-order chi connectivity index (χ1) is 11.7. The minimum Gasteiger partial charge on any atom is -0.469 e. The Morgan fingerprint density at radius 2 is 2.08 bits per heavy atom. The molecular weight excluding hydrogens is 306 g/mol. The Balaban J connectivity index is 1.68. The number of likely N-dealkylation sites (tertiary alicyclic amines) is 1. The number of anilines is 1. The number of carbonyl (C=O) groups is 2. The lowest BCUT2D eigenvalue weighted by Crippen LogP contribution is -2.21. The van der Waals surface area contributed by atoms with Crippen molar-refractivity contribution in [2.45, 2.75) is 25.7 Å². The van der Waals surface area contributed by atoms with Crippen molar-refractivity contribution in [1.29, 1.82) is 0 Å². The number of aromatic nitrogens is 1. The number of fused-ring (bicyclic) bond motifs is 1. The number of nitrogens with zero attached hydrogens (tertiary/aromatic N) is 1. The van der Waals surface area contributed by atoms with E-state index >= 15 is 0 Å². The lowest BCUT2D eigenvalue weighted by Gasteiger charge is -2.13. The van der Waals surface area contributed by atoms with Gasteiger partial charge in [0, 0.05) is 29.3 Å². The first-order valence-corrected chi connectivity index (χ1v) is 8.35. The molecular formula is C18H23N3O3. The second-order valence-electron chi connectivity index (χ2n) is 6.17. The summed E-state index contributed by atoms with van der Waals surface area (Å²) in [6, 6.07) is 5.74. The van der Waals surface area contributed by atoms with Crippen molar-refractivity contribution in [3.8, 4) is 0 Å². The average Bonchev–Trinajstić information content (AvgIpc) is 3.21. The van der Waals surface area contributed by atoms with E-state index in [0.29, 0.717) is 5.69 Å². The third-order valence-electron chi connectivity index (χ3n) is 4.48. The van der Waals surface area contributed by atoms with Gasteiger partial charge in [0.15, 0.2) is 0 Å². The van der Waals surface area contributed by atoms with Gasteiger partial charge in [-0.05, 0) is 56.1 Å². The van der Waals surface area contributed by atoms with Crippen LogP contribution in [0, 0.1) is 0 Å². The van der Waals surface area contributed by atoms with E-state index in [1.807, 2.05) is 24.4 Å². The molecule has 0 atom stereocenters. The predicted molar refractivity (Wildman–Crippen MR) is 92.9 cm³/mol. The summed E-state index contributed by atoms with van der Waals surface area (Å²) in [5.41, 5.74) is 3.00. The maximum absolute atomic E-state index is 11.8. The minimum atomic E-state index is -0.540. The quantitative estimate of drug-likeness (QED) is 0.630. The first kappa shape index (κ1) is 16.5.